The van der Waals surface area contributed by atoms with Crippen LogP contribution in [-0.2, 0) is 13.0 Å². The fourth-order valence-corrected chi connectivity index (χ4v) is 2.91. The van der Waals surface area contributed by atoms with Crippen LogP contribution in [0.2, 0.25) is 0 Å². The van der Waals surface area contributed by atoms with Crippen LogP contribution in [0.25, 0.3) is 0 Å². The molecular formula is C16H30N4. The first-order chi connectivity index (χ1) is 9.56. The van der Waals surface area contributed by atoms with Crippen LogP contribution in [0.3, 0.4) is 0 Å². The van der Waals surface area contributed by atoms with E-state index in [0.29, 0.717) is 5.92 Å². The molecule has 1 aliphatic carbocycles. The molecule has 2 atom stereocenters. The molecule has 1 heterocycles. The zero-order valence-corrected chi connectivity index (χ0v) is 13.5. The summed E-state index contributed by atoms with van der Waals surface area (Å²) >= 11 is 0. The van der Waals surface area contributed by atoms with Crippen molar-refractivity contribution >= 4 is 0 Å². The Morgan fingerprint density at radius 3 is 2.55 bits per heavy atom. The summed E-state index contributed by atoms with van der Waals surface area (Å²) in [6, 6.07) is 0. The molecule has 0 radical (unpaired) electrons. The zero-order valence-electron chi connectivity index (χ0n) is 13.5. The van der Waals surface area contributed by atoms with Crippen molar-refractivity contribution in [3.05, 3.63) is 12.2 Å². The molecule has 0 saturated heterocycles. The summed E-state index contributed by atoms with van der Waals surface area (Å²) in [5.41, 5.74) is 0. The summed E-state index contributed by atoms with van der Waals surface area (Å²) in [7, 11) is 0. The highest BCUT2D eigenvalue weighted by Gasteiger charge is 2.31. The van der Waals surface area contributed by atoms with Crippen molar-refractivity contribution in [1.29, 1.82) is 0 Å². The summed E-state index contributed by atoms with van der Waals surface area (Å²) < 4.78 is 2.10. The molecule has 4 heteroatoms. The Morgan fingerprint density at radius 1 is 1.20 bits per heavy atom. The minimum Gasteiger partial charge on any atom is -0.316 e. The Kier molecular flexibility index (Phi) is 5.58. The summed E-state index contributed by atoms with van der Waals surface area (Å²) in [6.07, 6.45) is 5.53. The van der Waals surface area contributed by atoms with Crippen LogP contribution in [0, 0.1) is 23.7 Å². The van der Waals surface area contributed by atoms with Gasteiger partial charge in [0.2, 0.25) is 0 Å². The van der Waals surface area contributed by atoms with Crippen molar-refractivity contribution in [3.63, 3.8) is 0 Å². The van der Waals surface area contributed by atoms with Gasteiger partial charge in [0.1, 0.15) is 12.2 Å². The molecule has 2 rings (SSSR count). The van der Waals surface area contributed by atoms with Crippen molar-refractivity contribution in [2.45, 2.75) is 53.5 Å². The number of aromatic nitrogens is 3. The van der Waals surface area contributed by atoms with Gasteiger partial charge < -0.3 is 5.32 Å². The Labute approximate surface area is 123 Å². The molecule has 0 spiro atoms. The third-order valence-electron chi connectivity index (χ3n) is 4.21. The van der Waals surface area contributed by atoms with Crippen LogP contribution in [0.4, 0.5) is 0 Å². The predicted octanol–water partition coefficient (Wildman–Crippen LogP) is 2.75. The Hall–Kier alpha value is -0.900. The van der Waals surface area contributed by atoms with Gasteiger partial charge in [0.15, 0.2) is 0 Å². The second kappa shape index (κ2) is 7.21. The van der Waals surface area contributed by atoms with Crippen molar-refractivity contribution in [2.75, 3.05) is 13.1 Å². The maximum Gasteiger partial charge on any atom is 0.138 e. The number of nitrogens with one attached hydrogen (secondary N) is 1. The van der Waals surface area contributed by atoms with Gasteiger partial charge in [-0.15, -0.1) is 0 Å². The Morgan fingerprint density at radius 2 is 1.95 bits per heavy atom. The fraction of sp³-hybridized carbons (Fsp3) is 0.875. The molecule has 0 aliphatic heterocycles. The van der Waals surface area contributed by atoms with Crippen molar-refractivity contribution in [2.24, 2.45) is 23.7 Å². The molecule has 2 unspecified atom stereocenters. The largest absolute Gasteiger partial charge is 0.316 e. The summed E-state index contributed by atoms with van der Waals surface area (Å²) in [5.74, 6) is 4.17. The SMILES string of the molecule is CC(C)CNCC1CCC1Cc1ncnn1CC(C)C. The molecule has 0 amide bonds. The molecule has 4 nitrogen and oxygen atoms in total. The van der Waals surface area contributed by atoms with Crippen LogP contribution in [0.5, 0.6) is 0 Å². The standard InChI is InChI=1S/C16H30N4/c1-12(2)8-17-9-15-6-5-14(15)7-16-18-11-19-20(16)10-13(3)4/h11-15,17H,5-10H2,1-4H3. The summed E-state index contributed by atoms with van der Waals surface area (Å²) in [5, 5.41) is 7.97. The Balaban J connectivity index is 1.80. The van der Waals surface area contributed by atoms with Gasteiger partial charge in [-0.2, -0.15) is 5.10 Å². The van der Waals surface area contributed by atoms with Gasteiger partial charge in [-0.05, 0) is 49.6 Å². The van der Waals surface area contributed by atoms with Gasteiger partial charge in [-0.25, -0.2) is 9.67 Å². The van der Waals surface area contributed by atoms with Gasteiger partial charge in [0.25, 0.3) is 0 Å². The maximum atomic E-state index is 4.47. The van der Waals surface area contributed by atoms with E-state index in [-0.39, 0.29) is 0 Å². The minimum atomic E-state index is 0.625. The Bertz CT molecular complexity index is 397. The third-order valence-corrected chi connectivity index (χ3v) is 4.21. The van der Waals surface area contributed by atoms with Gasteiger partial charge in [-0.1, -0.05) is 27.7 Å². The molecule has 114 valence electrons. The van der Waals surface area contributed by atoms with Crippen molar-refractivity contribution < 1.29 is 0 Å². The van der Waals surface area contributed by atoms with E-state index in [9.17, 15) is 0 Å². The quantitative estimate of drug-likeness (QED) is 0.795. The highest BCUT2D eigenvalue weighted by molar-refractivity contribution is 4.94. The van der Waals surface area contributed by atoms with Gasteiger partial charge >= 0.3 is 0 Å². The molecule has 1 aliphatic rings. The molecular weight excluding hydrogens is 248 g/mol. The average molecular weight is 278 g/mol. The molecule has 1 fully saturated rings. The smallest absolute Gasteiger partial charge is 0.138 e. The summed E-state index contributed by atoms with van der Waals surface area (Å²) in [4.78, 5) is 4.47. The van der Waals surface area contributed by atoms with Crippen LogP contribution < -0.4 is 5.32 Å². The lowest BCUT2D eigenvalue weighted by atomic mass is 9.71. The summed E-state index contributed by atoms with van der Waals surface area (Å²) in [6.45, 7) is 12.3. The van der Waals surface area contributed by atoms with Crippen LogP contribution >= 0.6 is 0 Å². The van der Waals surface area contributed by atoms with Crippen LogP contribution in [0.15, 0.2) is 6.33 Å². The molecule has 1 saturated carbocycles. The van der Waals surface area contributed by atoms with E-state index in [2.05, 4.69) is 47.8 Å². The average Bonchev–Trinajstić information content (AvgIpc) is 2.76. The number of hydrogen-bond acceptors (Lipinski definition) is 3. The monoisotopic (exact) mass is 278 g/mol. The van der Waals surface area contributed by atoms with Crippen molar-refractivity contribution in [1.82, 2.24) is 20.1 Å². The maximum absolute atomic E-state index is 4.47. The highest BCUT2D eigenvalue weighted by atomic mass is 15.3. The lowest BCUT2D eigenvalue weighted by Crippen LogP contribution is -2.38. The van der Waals surface area contributed by atoms with E-state index < -0.39 is 0 Å². The van der Waals surface area contributed by atoms with Gasteiger partial charge in [0, 0.05) is 13.0 Å². The van der Waals surface area contributed by atoms with E-state index in [1.54, 1.807) is 6.33 Å². The van der Waals surface area contributed by atoms with Crippen molar-refractivity contribution in [3.8, 4) is 0 Å². The number of hydrogen-bond donors (Lipinski definition) is 1. The second-order valence-electron chi connectivity index (χ2n) is 7.11. The van der Waals surface area contributed by atoms with Gasteiger partial charge in [0.05, 0.1) is 0 Å². The first-order valence-corrected chi connectivity index (χ1v) is 8.13. The first kappa shape index (κ1) is 15.5. The number of nitrogens with zero attached hydrogens (tertiary/aromatic N) is 3. The molecule has 1 N–H and O–H groups in total. The molecule has 0 aromatic carbocycles. The third kappa shape index (κ3) is 4.30. The highest BCUT2D eigenvalue weighted by Crippen LogP contribution is 2.36. The van der Waals surface area contributed by atoms with Crippen LogP contribution in [0.1, 0.15) is 46.4 Å². The van der Waals surface area contributed by atoms with Gasteiger partial charge in [-0.3, -0.25) is 0 Å². The molecule has 1 aromatic heterocycles. The zero-order chi connectivity index (χ0) is 14.5. The fourth-order valence-electron chi connectivity index (χ4n) is 2.91. The van der Waals surface area contributed by atoms with E-state index in [1.165, 1.54) is 25.2 Å². The molecule has 1 aromatic rings. The minimum absolute atomic E-state index is 0.625. The molecule has 0 bridgehead atoms. The van der Waals surface area contributed by atoms with Crippen LogP contribution in [-0.4, -0.2) is 27.9 Å². The predicted molar refractivity (Wildman–Crippen MR) is 82.5 cm³/mol. The normalized spacial score (nSPS) is 22.5. The van der Waals surface area contributed by atoms with E-state index >= 15 is 0 Å². The first-order valence-electron chi connectivity index (χ1n) is 8.13. The van der Waals surface area contributed by atoms with E-state index in [1.807, 2.05) is 0 Å². The molecule has 20 heavy (non-hydrogen) atoms. The van der Waals surface area contributed by atoms with E-state index in [4.69, 9.17) is 0 Å². The topological polar surface area (TPSA) is 42.7 Å². The second-order valence-corrected chi connectivity index (χ2v) is 7.11. The lowest BCUT2D eigenvalue weighted by Gasteiger charge is -2.37. The lowest BCUT2D eigenvalue weighted by molar-refractivity contribution is 0.165. The number of rotatable bonds is 8. The van der Waals surface area contributed by atoms with E-state index in [0.717, 1.165) is 37.3 Å².